The molecule has 0 saturated heterocycles. The van der Waals surface area contributed by atoms with E-state index in [-0.39, 0.29) is 0 Å². The van der Waals surface area contributed by atoms with E-state index in [1.54, 1.807) is 0 Å². The Hall–Kier alpha value is -3.18. The predicted molar refractivity (Wildman–Crippen MR) is 98.2 cm³/mol. The van der Waals surface area contributed by atoms with E-state index in [4.69, 9.17) is 7.15 Å². The number of fused-ring (bicyclic) bond motifs is 8. The molecule has 5 rings (SSSR count). The Bertz CT molecular complexity index is 1090. The molecule has 0 N–H and O–H groups in total. The van der Waals surface area contributed by atoms with E-state index >= 15 is 0 Å². The fourth-order valence-corrected chi connectivity index (χ4v) is 2.83. The van der Waals surface area contributed by atoms with Crippen LogP contribution in [-0.2, 0) is 24.2 Å². The van der Waals surface area contributed by atoms with Crippen molar-refractivity contribution in [2.45, 2.75) is 0 Å². The third-order valence-corrected chi connectivity index (χ3v) is 3.92. The standard InChI is InChI=1S/C20H12N4.2O.Ru/c1-2-14-10-16-5-6-18(23-16)12-20-8-7-19(24-20)11-17-4-3-15(22-17)9-13(1)21-14;;;/h1-12H;;;/q-2;;;. The third kappa shape index (κ3) is 4.15. The fourth-order valence-electron chi connectivity index (χ4n) is 2.83. The van der Waals surface area contributed by atoms with E-state index < -0.39 is 17.0 Å². The second-order valence-corrected chi connectivity index (χ2v) is 6.11. The monoisotopic (exact) mass is 442 g/mol. The summed E-state index contributed by atoms with van der Waals surface area (Å²) < 4.78 is 16.9. The van der Waals surface area contributed by atoms with Gasteiger partial charge in [-0.25, -0.2) is 9.97 Å². The molecule has 0 saturated carbocycles. The van der Waals surface area contributed by atoms with E-state index in [0.29, 0.717) is 0 Å². The number of rotatable bonds is 0. The summed E-state index contributed by atoms with van der Waals surface area (Å²) in [6, 6.07) is 15.9. The molecule has 2 aliphatic heterocycles. The quantitative estimate of drug-likeness (QED) is 0.341. The first-order chi connectivity index (χ1) is 13.2. The molecule has 0 aromatic carbocycles. The Morgan fingerprint density at radius 1 is 0.556 bits per heavy atom. The van der Waals surface area contributed by atoms with Crippen molar-refractivity contribution in [2.75, 3.05) is 0 Å². The summed E-state index contributed by atoms with van der Waals surface area (Å²) in [6.07, 6.45) is 7.95. The normalized spacial score (nSPS) is 11.9. The van der Waals surface area contributed by atoms with Crippen molar-refractivity contribution in [2.24, 2.45) is 0 Å². The first kappa shape index (κ1) is 17.2. The molecule has 0 radical (unpaired) electrons. The van der Waals surface area contributed by atoms with Crippen LogP contribution in [0.2, 0.25) is 0 Å². The van der Waals surface area contributed by atoms with Gasteiger partial charge in [0, 0.05) is 0 Å². The van der Waals surface area contributed by atoms with E-state index in [1.807, 2.05) is 72.8 Å². The molecule has 7 heteroatoms. The van der Waals surface area contributed by atoms with E-state index in [9.17, 15) is 0 Å². The molecule has 3 aromatic rings. The Balaban J connectivity index is 0.000000565. The minimum atomic E-state index is -1.79. The Labute approximate surface area is 161 Å². The molecule has 2 aliphatic rings. The SMILES string of the molecule is C1=Cc2cc3ccc(cc4nc(cc5ccc(cc1n2)[n-]5)C=C4)[n-]3.[O]=[Ru]=[O]. The number of nitrogens with zero attached hydrogens (tertiary/aromatic N) is 4. The number of aromatic nitrogens is 4. The van der Waals surface area contributed by atoms with E-state index in [1.165, 1.54) is 0 Å². The van der Waals surface area contributed by atoms with Gasteiger partial charge in [-0.2, -0.15) is 0 Å². The van der Waals surface area contributed by atoms with Gasteiger partial charge in [0.2, 0.25) is 0 Å². The second-order valence-electron chi connectivity index (χ2n) is 5.82. The van der Waals surface area contributed by atoms with Crippen LogP contribution >= 0.6 is 0 Å². The zero-order chi connectivity index (χ0) is 18.6. The first-order valence-corrected chi connectivity index (χ1v) is 9.45. The van der Waals surface area contributed by atoms with Crippen LogP contribution in [0.5, 0.6) is 0 Å². The Kier molecular flexibility index (Phi) is 4.85. The maximum atomic E-state index is 8.46. The topological polar surface area (TPSA) is 88.1 Å². The number of hydrogen-bond donors (Lipinski definition) is 0. The van der Waals surface area contributed by atoms with Crippen molar-refractivity contribution in [3.05, 3.63) is 71.3 Å². The molecule has 0 aliphatic carbocycles. The van der Waals surface area contributed by atoms with Crippen LogP contribution in [0.3, 0.4) is 0 Å². The van der Waals surface area contributed by atoms with Crippen LogP contribution in [0.25, 0.3) is 46.4 Å². The molecule has 0 atom stereocenters. The fraction of sp³-hybridized carbons (Fsp3) is 0. The zero-order valence-corrected chi connectivity index (χ0v) is 15.6. The Morgan fingerprint density at radius 3 is 1.07 bits per heavy atom. The molecule has 27 heavy (non-hydrogen) atoms. The van der Waals surface area contributed by atoms with Crippen molar-refractivity contribution < 1.29 is 24.2 Å². The van der Waals surface area contributed by atoms with Crippen molar-refractivity contribution >= 4 is 46.4 Å². The van der Waals surface area contributed by atoms with E-state index in [0.717, 1.165) is 44.8 Å². The Morgan fingerprint density at radius 2 is 0.815 bits per heavy atom. The van der Waals surface area contributed by atoms with E-state index in [2.05, 4.69) is 19.9 Å². The van der Waals surface area contributed by atoms with Crippen LogP contribution in [-0.4, -0.2) is 9.97 Å². The molecule has 0 spiro atoms. The summed E-state index contributed by atoms with van der Waals surface area (Å²) in [5.41, 5.74) is 7.15. The minimum absolute atomic E-state index is 0.894. The molecular formula is C20H12N4O2Ru-2. The molecule has 0 unspecified atom stereocenters. The van der Waals surface area contributed by atoms with Crippen LogP contribution in [0.4, 0.5) is 0 Å². The van der Waals surface area contributed by atoms with Gasteiger partial charge in [-0.15, -0.1) is 22.1 Å². The van der Waals surface area contributed by atoms with Gasteiger partial charge in [0.15, 0.2) is 0 Å². The van der Waals surface area contributed by atoms with Gasteiger partial charge in [0.25, 0.3) is 0 Å². The molecule has 6 nitrogen and oxygen atoms in total. The first-order valence-electron chi connectivity index (χ1n) is 8.03. The van der Waals surface area contributed by atoms with Gasteiger partial charge >= 0.3 is 24.2 Å². The summed E-state index contributed by atoms with van der Waals surface area (Å²) in [5, 5.41) is 0. The van der Waals surface area contributed by atoms with Crippen LogP contribution in [0.1, 0.15) is 22.8 Å². The van der Waals surface area contributed by atoms with Gasteiger partial charge in [0.1, 0.15) is 0 Å². The third-order valence-electron chi connectivity index (χ3n) is 3.92. The van der Waals surface area contributed by atoms with Crippen LogP contribution in [0.15, 0.2) is 48.5 Å². The molecular weight excluding hydrogens is 429 g/mol. The predicted octanol–water partition coefficient (Wildman–Crippen LogP) is 3.67. The van der Waals surface area contributed by atoms with Crippen LogP contribution < -0.4 is 9.97 Å². The maximum absolute atomic E-state index is 8.46. The number of hydrogen-bond acceptors (Lipinski definition) is 4. The van der Waals surface area contributed by atoms with Crippen molar-refractivity contribution in [1.82, 2.24) is 19.9 Å². The van der Waals surface area contributed by atoms with Gasteiger partial charge in [-0.1, -0.05) is 48.5 Å². The summed E-state index contributed by atoms with van der Waals surface area (Å²) in [6.45, 7) is 0. The molecule has 5 heterocycles. The average molecular weight is 441 g/mol. The summed E-state index contributed by atoms with van der Waals surface area (Å²) in [7, 11) is 0. The molecule has 0 amide bonds. The molecule has 0 fully saturated rings. The summed E-state index contributed by atoms with van der Waals surface area (Å²) >= 11 is -1.79. The summed E-state index contributed by atoms with van der Waals surface area (Å²) in [5.74, 6) is 0. The van der Waals surface area contributed by atoms with Crippen molar-refractivity contribution in [1.29, 1.82) is 0 Å². The van der Waals surface area contributed by atoms with Crippen LogP contribution in [0, 0.1) is 0 Å². The average Bonchev–Trinajstić information content (AvgIpc) is 3.41. The van der Waals surface area contributed by atoms with Gasteiger partial charge in [-0.3, -0.25) is 0 Å². The van der Waals surface area contributed by atoms with Gasteiger partial charge in [0.05, 0.1) is 22.8 Å². The van der Waals surface area contributed by atoms with Gasteiger partial charge in [-0.05, 0) is 24.3 Å². The second kappa shape index (κ2) is 7.60. The molecule has 3 aromatic heterocycles. The molecule has 8 bridgehead atoms. The summed E-state index contributed by atoms with van der Waals surface area (Å²) in [4.78, 5) is 18.4. The van der Waals surface area contributed by atoms with Crippen molar-refractivity contribution in [3.63, 3.8) is 0 Å². The van der Waals surface area contributed by atoms with Crippen molar-refractivity contribution in [3.8, 4) is 0 Å². The zero-order valence-electron chi connectivity index (χ0n) is 13.9. The molecule has 134 valence electrons. The van der Waals surface area contributed by atoms with Gasteiger partial charge < -0.3 is 9.97 Å².